The number of benzene rings is 1. The second-order valence-corrected chi connectivity index (χ2v) is 8.87. The SMILES string of the molecule is Cc1cc(C#N)cc(C)c1Nc1ccnc(NC2CCN(C(=O)OC(C)(C)C)CC2)n1. The van der Waals surface area contributed by atoms with Crippen molar-refractivity contribution < 1.29 is 9.53 Å². The first-order valence-corrected chi connectivity index (χ1v) is 10.5. The van der Waals surface area contributed by atoms with Crippen molar-refractivity contribution in [2.45, 2.75) is 59.1 Å². The average molecular weight is 423 g/mol. The maximum absolute atomic E-state index is 12.2. The molecule has 164 valence electrons. The van der Waals surface area contributed by atoms with Gasteiger partial charge < -0.3 is 20.3 Å². The zero-order chi connectivity index (χ0) is 22.6. The Morgan fingerprint density at radius 2 is 1.87 bits per heavy atom. The number of carbonyl (C=O) groups excluding carboxylic acids is 1. The normalized spacial score (nSPS) is 14.6. The lowest BCUT2D eigenvalue weighted by Gasteiger charge is -2.33. The van der Waals surface area contributed by atoms with Crippen LogP contribution < -0.4 is 10.6 Å². The zero-order valence-electron chi connectivity index (χ0n) is 18.8. The molecule has 0 spiro atoms. The van der Waals surface area contributed by atoms with Crippen LogP contribution in [0.3, 0.4) is 0 Å². The summed E-state index contributed by atoms with van der Waals surface area (Å²) >= 11 is 0. The third-order valence-corrected chi connectivity index (χ3v) is 5.05. The molecule has 31 heavy (non-hydrogen) atoms. The molecule has 1 saturated heterocycles. The van der Waals surface area contributed by atoms with Gasteiger partial charge in [0.1, 0.15) is 11.4 Å². The van der Waals surface area contributed by atoms with Gasteiger partial charge in [-0.3, -0.25) is 0 Å². The number of likely N-dealkylation sites (tertiary alicyclic amines) is 1. The van der Waals surface area contributed by atoms with Gasteiger partial charge in [-0.15, -0.1) is 0 Å². The summed E-state index contributed by atoms with van der Waals surface area (Å²) in [4.78, 5) is 22.9. The fourth-order valence-electron chi connectivity index (χ4n) is 3.57. The molecule has 2 heterocycles. The number of piperidine rings is 1. The Labute approximate surface area is 183 Å². The summed E-state index contributed by atoms with van der Waals surface area (Å²) in [5.74, 6) is 1.23. The fraction of sp³-hybridized carbons (Fsp3) is 0.478. The number of nitriles is 1. The minimum absolute atomic E-state index is 0.187. The van der Waals surface area contributed by atoms with Gasteiger partial charge >= 0.3 is 6.09 Å². The molecule has 0 atom stereocenters. The topological polar surface area (TPSA) is 103 Å². The second kappa shape index (κ2) is 9.21. The van der Waals surface area contributed by atoms with E-state index in [2.05, 4.69) is 26.7 Å². The van der Waals surface area contributed by atoms with Crippen molar-refractivity contribution in [2.75, 3.05) is 23.7 Å². The molecule has 1 aromatic heterocycles. The average Bonchev–Trinajstić information content (AvgIpc) is 2.70. The Kier molecular flexibility index (Phi) is 6.64. The number of ether oxygens (including phenoxy) is 1. The summed E-state index contributed by atoms with van der Waals surface area (Å²) in [5, 5.41) is 15.8. The van der Waals surface area contributed by atoms with E-state index in [4.69, 9.17) is 10.00 Å². The molecule has 2 N–H and O–H groups in total. The molecule has 8 heteroatoms. The maximum Gasteiger partial charge on any atom is 0.410 e. The van der Waals surface area contributed by atoms with Crippen LogP contribution in [0.25, 0.3) is 0 Å². The van der Waals surface area contributed by atoms with Gasteiger partial charge in [-0.2, -0.15) is 10.2 Å². The van der Waals surface area contributed by atoms with E-state index in [1.807, 2.05) is 52.8 Å². The van der Waals surface area contributed by atoms with Crippen molar-refractivity contribution >= 4 is 23.5 Å². The number of aryl methyl sites for hydroxylation is 2. The van der Waals surface area contributed by atoms with E-state index in [1.54, 1.807) is 11.1 Å². The number of nitrogens with one attached hydrogen (secondary N) is 2. The summed E-state index contributed by atoms with van der Waals surface area (Å²) in [6.07, 6.45) is 3.05. The number of hydrogen-bond donors (Lipinski definition) is 2. The van der Waals surface area contributed by atoms with E-state index in [0.29, 0.717) is 30.4 Å². The molecule has 1 fully saturated rings. The molecule has 0 aliphatic carbocycles. The molecule has 8 nitrogen and oxygen atoms in total. The van der Waals surface area contributed by atoms with E-state index >= 15 is 0 Å². The first-order chi connectivity index (χ1) is 14.6. The Hall–Kier alpha value is -3.34. The van der Waals surface area contributed by atoms with Crippen LogP contribution >= 0.6 is 0 Å². The van der Waals surface area contributed by atoms with Gasteiger partial charge in [-0.05, 0) is 76.8 Å². The molecule has 0 unspecified atom stereocenters. The summed E-state index contributed by atoms with van der Waals surface area (Å²) < 4.78 is 5.45. The number of carbonyl (C=O) groups is 1. The fourth-order valence-corrected chi connectivity index (χ4v) is 3.57. The van der Waals surface area contributed by atoms with Gasteiger partial charge in [0.2, 0.25) is 5.95 Å². The summed E-state index contributed by atoms with van der Waals surface area (Å²) in [6, 6.07) is 7.89. The van der Waals surface area contributed by atoms with Crippen molar-refractivity contribution in [3.05, 3.63) is 41.1 Å². The number of hydrogen-bond acceptors (Lipinski definition) is 7. The highest BCUT2D eigenvalue weighted by molar-refractivity contribution is 5.68. The monoisotopic (exact) mass is 422 g/mol. The van der Waals surface area contributed by atoms with Crippen molar-refractivity contribution in [3.8, 4) is 6.07 Å². The minimum atomic E-state index is -0.487. The number of rotatable bonds is 4. The molecular weight excluding hydrogens is 392 g/mol. The first kappa shape index (κ1) is 22.3. The van der Waals surface area contributed by atoms with E-state index in [9.17, 15) is 4.79 Å². The molecule has 1 aliphatic heterocycles. The van der Waals surface area contributed by atoms with E-state index in [1.165, 1.54) is 0 Å². The highest BCUT2D eigenvalue weighted by Crippen LogP contribution is 2.25. The summed E-state index contributed by atoms with van der Waals surface area (Å²) in [6.45, 7) is 10.8. The standard InChI is InChI=1S/C23H30N6O2/c1-15-12-17(14-24)13-16(2)20(15)27-19-6-9-25-21(28-19)26-18-7-10-29(11-8-18)22(30)31-23(3,4)5/h6,9,12-13,18H,7-8,10-11H2,1-5H3,(H2,25,26,27,28). The lowest BCUT2D eigenvalue weighted by molar-refractivity contribution is 0.0210. The predicted molar refractivity (Wildman–Crippen MR) is 120 cm³/mol. The molecule has 0 radical (unpaired) electrons. The number of amides is 1. The molecule has 0 saturated carbocycles. The predicted octanol–water partition coefficient (Wildman–Crippen LogP) is 4.52. The van der Waals surface area contributed by atoms with Gasteiger partial charge in [0.15, 0.2) is 0 Å². The Morgan fingerprint density at radius 1 is 1.23 bits per heavy atom. The second-order valence-electron chi connectivity index (χ2n) is 8.87. The van der Waals surface area contributed by atoms with Crippen LogP contribution in [-0.4, -0.2) is 45.7 Å². The van der Waals surface area contributed by atoms with Crippen molar-refractivity contribution in [3.63, 3.8) is 0 Å². The lowest BCUT2D eigenvalue weighted by atomic mass is 10.0. The molecule has 2 aromatic rings. The first-order valence-electron chi connectivity index (χ1n) is 10.5. The number of anilines is 3. The van der Waals surface area contributed by atoms with Gasteiger partial charge in [0.05, 0.1) is 11.6 Å². The Balaban J connectivity index is 1.60. The third kappa shape index (κ3) is 6.07. The molecular formula is C23H30N6O2. The van der Waals surface area contributed by atoms with Crippen molar-refractivity contribution in [1.82, 2.24) is 14.9 Å². The van der Waals surface area contributed by atoms with Gasteiger partial charge in [0.25, 0.3) is 0 Å². The van der Waals surface area contributed by atoms with E-state index in [0.717, 1.165) is 29.7 Å². The Morgan fingerprint density at radius 3 is 2.45 bits per heavy atom. The molecule has 1 aliphatic rings. The van der Waals surface area contributed by atoms with Crippen LogP contribution in [0, 0.1) is 25.2 Å². The lowest BCUT2D eigenvalue weighted by Crippen LogP contribution is -2.44. The Bertz CT molecular complexity index is 961. The maximum atomic E-state index is 12.2. The minimum Gasteiger partial charge on any atom is -0.444 e. The van der Waals surface area contributed by atoms with Gasteiger partial charge in [-0.1, -0.05) is 0 Å². The van der Waals surface area contributed by atoms with Crippen LogP contribution in [0.15, 0.2) is 24.4 Å². The van der Waals surface area contributed by atoms with Crippen LogP contribution in [0.5, 0.6) is 0 Å². The third-order valence-electron chi connectivity index (χ3n) is 5.05. The highest BCUT2D eigenvalue weighted by atomic mass is 16.6. The largest absolute Gasteiger partial charge is 0.444 e. The van der Waals surface area contributed by atoms with Crippen molar-refractivity contribution in [1.29, 1.82) is 5.26 Å². The van der Waals surface area contributed by atoms with Crippen LogP contribution in [-0.2, 0) is 4.74 Å². The van der Waals surface area contributed by atoms with Crippen LogP contribution in [0.4, 0.5) is 22.2 Å². The quantitative estimate of drug-likeness (QED) is 0.746. The van der Waals surface area contributed by atoms with Crippen LogP contribution in [0.2, 0.25) is 0 Å². The van der Waals surface area contributed by atoms with Gasteiger partial charge in [0, 0.05) is 31.0 Å². The molecule has 1 amide bonds. The summed E-state index contributed by atoms with van der Waals surface area (Å²) in [7, 11) is 0. The van der Waals surface area contributed by atoms with Crippen LogP contribution in [0.1, 0.15) is 50.3 Å². The molecule has 0 bridgehead atoms. The number of nitrogens with zero attached hydrogens (tertiary/aromatic N) is 4. The van der Waals surface area contributed by atoms with E-state index < -0.39 is 5.60 Å². The van der Waals surface area contributed by atoms with E-state index in [-0.39, 0.29) is 12.1 Å². The zero-order valence-corrected chi connectivity index (χ0v) is 18.8. The van der Waals surface area contributed by atoms with Gasteiger partial charge in [-0.25, -0.2) is 9.78 Å². The smallest absolute Gasteiger partial charge is 0.410 e. The molecule has 1 aromatic carbocycles. The van der Waals surface area contributed by atoms with Crippen molar-refractivity contribution in [2.24, 2.45) is 0 Å². The summed E-state index contributed by atoms with van der Waals surface area (Å²) in [5.41, 5.74) is 3.06. The number of aromatic nitrogens is 2. The highest BCUT2D eigenvalue weighted by Gasteiger charge is 2.27. The molecule has 3 rings (SSSR count).